The van der Waals surface area contributed by atoms with Crippen LogP contribution in [0.1, 0.15) is 20.8 Å². The lowest BCUT2D eigenvalue weighted by molar-refractivity contribution is 1.41. The van der Waals surface area contributed by atoms with E-state index in [1.165, 1.54) is 0 Å². The summed E-state index contributed by atoms with van der Waals surface area (Å²) >= 11 is 0. The molecule has 0 unspecified atom stereocenters. The quantitative estimate of drug-likeness (QED) is 0.292. The van der Waals surface area contributed by atoms with Crippen molar-refractivity contribution < 1.29 is 0 Å². The molecule has 0 aliphatic heterocycles. The minimum atomic E-state index is 0.925. The fraction of sp³-hybridized carbons (Fsp3) is 0.300. The van der Waals surface area contributed by atoms with Crippen molar-refractivity contribution in [2.24, 2.45) is 0 Å². The van der Waals surface area contributed by atoms with Crippen LogP contribution in [0, 0.1) is 12.3 Å². The first-order valence-electron chi connectivity index (χ1n) is 3.20. The van der Waals surface area contributed by atoms with Gasteiger partial charge in [-0.2, -0.15) is 0 Å². The molecule has 0 aromatic heterocycles. The van der Waals surface area contributed by atoms with E-state index in [0.717, 1.165) is 11.1 Å². The van der Waals surface area contributed by atoms with E-state index in [4.69, 9.17) is 6.42 Å². The van der Waals surface area contributed by atoms with E-state index in [2.05, 4.69) is 11.7 Å². The largest absolute Gasteiger partial charge is 0.122 e. The van der Waals surface area contributed by atoms with Gasteiger partial charge in [0.2, 0.25) is 0 Å². The zero-order chi connectivity index (χ0) is 7.98. The molecule has 0 heterocycles. The molecule has 0 heteroatoms. The van der Waals surface area contributed by atoms with Gasteiger partial charge in [0.15, 0.2) is 0 Å². The summed E-state index contributed by atoms with van der Waals surface area (Å²) in [6, 6.07) is 0. The van der Waals surface area contributed by atoms with Crippen molar-refractivity contribution in [2.75, 3.05) is 0 Å². The number of hydrogen-bond acceptors (Lipinski definition) is 0. The highest BCUT2D eigenvalue weighted by atomic mass is 13.8. The maximum absolute atomic E-state index is 5.12. The van der Waals surface area contributed by atoms with Crippen LogP contribution in [0.15, 0.2) is 29.0 Å². The van der Waals surface area contributed by atoms with E-state index >= 15 is 0 Å². The molecule has 0 aliphatic rings. The van der Waals surface area contributed by atoms with Gasteiger partial charge in [0.05, 0.1) is 0 Å². The van der Waals surface area contributed by atoms with Crippen LogP contribution in [0.2, 0.25) is 0 Å². The van der Waals surface area contributed by atoms with Gasteiger partial charge in [-0.3, -0.25) is 0 Å². The Bertz CT molecular complexity index is 223. The summed E-state index contributed by atoms with van der Waals surface area (Å²) in [6.07, 6.45) is 8.82. The van der Waals surface area contributed by atoms with Gasteiger partial charge in [0, 0.05) is 0 Å². The molecule has 0 rings (SSSR count). The summed E-state index contributed by atoms with van der Waals surface area (Å²) < 4.78 is 0. The lowest BCUT2D eigenvalue weighted by atomic mass is 10.3. The summed E-state index contributed by atoms with van der Waals surface area (Å²) in [5.41, 5.74) is 5.11. The van der Waals surface area contributed by atoms with Crippen LogP contribution in [-0.4, -0.2) is 0 Å². The maximum atomic E-state index is 5.12. The van der Waals surface area contributed by atoms with Crippen LogP contribution in [0.5, 0.6) is 0 Å². The number of terminal acetylenes is 1. The third-order valence-electron chi connectivity index (χ3n) is 0.933. The first kappa shape index (κ1) is 8.82. The SMILES string of the molecule is C#C/C(C)=C\C=C=C(C)C. The van der Waals surface area contributed by atoms with Crippen molar-refractivity contribution >= 4 is 0 Å². The average Bonchev–Trinajstić information content (AvgIpc) is 1.87. The molecule has 0 spiro atoms. The summed E-state index contributed by atoms with van der Waals surface area (Å²) in [6.45, 7) is 5.88. The van der Waals surface area contributed by atoms with Gasteiger partial charge < -0.3 is 0 Å². The molecule has 0 radical (unpaired) electrons. The zero-order valence-electron chi connectivity index (χ0n) is 6.73. The van der Waals surface area contributed by atoms with Crippen LogP contribution in [-0.2, 0) is 0 Å². The average molecular weight is 132 g/mol. The van der Waals surface area contributed by atoms with Gasteiger partial charge in [-0.1, -0.05) is 5.92 Å². The fourth-order valence-electron chi connectivity index (χ4n) is 0.381. The van der Waals surface area contributed by atoms with Crippen LogP contribution in [0.3, 0.4) is 0 Å². The Balaban J connectivity index is 4.25. The Morgan fingerprint density at radius 3 is 2.30 bits per heavy atom. The van der Waals surface area contributed by atoms with Gasteiger partial charge in [-0.15, -0.1) is 12.2 Å². The molecule has 0 aromatic rings. The van der Waals surface area contributed by atoms with Crippen molar-refractivity contribution in [2.45, 2.75) is 20.8 Å². The van der Waals surface area contributed by atoms with Crippen molar-refractivity contribution in [3.05, 3.63) is 29.0 Å². The monoisotopic (exact) mass is 132 g/mol. The number of allylic oxidation sites excluding steroid dienone is 3. The molecule has 0 aromatic carbocycles. The van der Waals surface area contributed by atoms with Crippen LogP contribution >= 0.6 is 0 Å². The molecular formula is C10H12. The molecule has 0 N–H and O–H groups in total. The van der Waals surface area contributed by atoms with Crippen LogP contribution < -0.4 is 0 Å². The maximum Gasteiger partial charge on any atom is -0.000733 e. The molecule has 10 heavy (non-hydrogen) atoms. The van der Waals surface area contributed by atoms with Crippen LogP contribution in [0.4, 0.5) is 0 Å². The highest BCUT2D eigenvalue weighted by Gasteiger charge is 1.72. The van der Waals surface area contributed by atoms with E-state index in [9.17, 15) is 0 Å². The summed E-state index contributed by atoms with van der Waals surface area (Å²) in [7, 11) is 0. The van der Waals surface area contributed by atoms with Crippen molar-refractivity contribution in [3.8, 4) is 12.3 Å². The normalized spacial score (nSPS) is 9.60. The second kappa shape index (κ2) is 4.68. The molecule has 0 saturated carbocycles. The number of hydrogen-bond donors (Lipinski definition) is 0. The second-order valence-corrected chi connectivity index (χ2v) is 2.31. The molecule has 0 amide bonds. The summed E-state index contributed by atoms with van der Waals surface area (Å²) in [5, 5.41) is 0. The van der Waals surface area contributed by atoms with Crippen molar-refractivity contribution in [3.63, 3.8) is 0 Å². The van der Waals surface area contributed by atoms with Crippen LogP contribution in [0.25, 0.3) is 0 Å². The Morgan fingerprint density at radius 1 is 1.30 bits per heavy atom. The molecule has 0 atom stereocenters. The topological polar surface area (TPSA) is 0 Å². The van der Waals surface area contributed by atoms with E-state index in [0.29, 0.717) is 0 Å². The number of rotatable bonds is 1. The minimum Gasteiger partial charge on any atom is -0.122 e. The molecule has 0 nitrogen and oxygen atoms in total. The van der Waals surface area contributed by atoms with Gasteiger partial charge in [-0.05, 0) is 44.1 Å². The predicted octanol–water partition coefficient (Wildman–Crippen LogP) is 2.69. The van der Waals surface area contributed by atoms with E-state index in [1.54, 1.807) is 0 Å². The molecule has 52 valence electrons. The third kappa shape index (κ3) is 4.97. The fourth-order valence-corrected chi connectivity index (χ4v) is 0.381. The second-order valence-electron chi connectivity index (χ2n) is 2.31. The minimum absolute atomic E-state index is 0.925. The Morgan fingerprint density at radius 2 is 1.90 bits per heavy atom. The van der Waals surface area contributed by atoms with Gasteiger partial charge >= 0.3 is 0 Å². The lowest BCUT2D eigenvalue weighted by Crippen LogP contribution is -1.62. The Labute approximate surface area is 63.0 Å². The van der Waals surface area contributed by atoms with E-state index in [1.807, 2.05) is 32.9 Å². The molecule has 0 fully saturated rings. The lowest BCUT2D eigenvalue weighted by Gasteiger charge is -1.79. The molecule has 0 saturated heterocycles. The summed E-state index contributed by atoms with van der Waals surface area (Å²) in [4.78, 5) is 0. The van der Waals surface area contributed by atoms with Gasteiger partial charge in [0.1, 0.15) is 0 Å². The summed E-state index contributed by atoms with van der Waals surface area (Å²) in [5.74, 6) is 2.52. The highest BCUT2D eigenvalue weighted by Crippen LogP contribution is 1.89. The first-order valence-corrected chi connectivity index (χ1v) is 3.20. The third-order valence-corrected chi connectivity index (χ3v) is 0.933. The Kier molecular flexibility index (Phi) is 4.12. The smallest absolute Gasteiger partial charge is 0.000733 e. The van der Waals surface area contributed by atoms with E-state index in [-0.39, 0.29) is 0 Å². The molecule has 0 bridgehead atoms. The standard InChI is InChI=1S/C10H12/c1-5-10(4)8-6-7-9(2)3/h1,6,8H,2-4H3/b10-8-. The van der Waals surface area contributed by atoms with E-state index < -0.39 is 0 Å². The molecular weight excluding hydrogens is 120 g/mol. The first-order chi connectivity index (χ1) is 4.66. The van der Waals surface area contributed by atoms with Gasteiger partial charge in [0.25, 0.3) is 0 Å². The van der Waals surface area contributed by atoms with Crippen molar-refractivity contribution in [1.82, 2.24) is 0 Å². The van der Waals surface area contributed by atoms with Gasteiger partial charge in [-0.25, -0.2) is 0 Å². The molecule has 0 aliphatic carbocycles. The highest BCUT2D eigenvalue weighted by molar-refractivity contribution is 5.26. The zero-order valence-corrected chi connectivity index (χ0v) is 6.73. The van der Waals surface area contributed by atoms with Crippen molar-refractivity contribution in [1.29, 1.82) is 0 Å². The predicted molar refractivity (Wildman–Crippen MR) is 45.5 cm³/mol. The Hall–Kier alpha value is -1.18.